The predicted molar refractivity (Wildman–Crippen MR) is 63.8 cm³/mol. The molecule has 0 aliphatic heterocycles. The lowest BCUT2D eigenvalue weighted by molar-refractivity contribution is -0.137. The molecule has 8 heteroatoms. The van der Waals surface area contributed by atoms with Gasteiger partial charge in [0.15, 0.2) is 5.01 Å². The van der Waals surface area contributed by atoms with Crippen LogP contribution in [-0.4, -0.2) is 19.9 Å². The summed E-state index contributed by atoms with van der Waals surface area (Å²) in [6.07, 6.45) is -3.89. The standard InChI is InChI=1S/C11H12F3N3OS/c1-3-6-4-7(17(2)16-6)9(18)8-5-15-10(19-8)11(12,13)14/h4-5,9,18H,3H2,1-2H3. The van der Waals surface area contributed by atoms with E-state index in [0.717, 1.165) is 11.9 Å². The van der Waals surface area contributed by atoms with E-state index in [4.69, 9.17) is 0 Å². The van der Waals surface area contributed by atoms with Crippen LogP contribution in [0.3, 0.4) is 0 Å². The average Bonchev–Trinajstić information content (AvgIpc) is 2.93. The minimum Gasteiger partial charge on any atom is -0.381 e. The van der Waals surface area contributed by atoms with Crippen molar-refractivity contribution < 1.29 is 18.3 Å². The van der Waals surface area contributed by atoms with E-state index in [1.165, 1.54) is 4.68 Å². The summed E-state index contributed by atoms with van der Waals surface area (Å²) in [4.78, 5) is 3.45. The molecular weight excluding hydrogens is 279 g/mol. The highest BCUT2D eigenvalue weighted by Crippen LogP contribution is 2.35. The number of nitrogens with zero attached hydrogens (tertiary/aromatic N) is 3. The molecule has 0 radical (unpaired) electrons. The van der Waals surface area contributed by atoms with Crippen LogP contribution in [0.25, 0.3) is 0 Å². The van der Waals surface area contributed by atoms with E-state index in [-0.39, 0.29) is 4.88 Å². The predicted octanol–water partition coefficient (Wildman–Crippen LogP) is 2.54. The summed E-state index contributed by atoms with van der Waals surface area (Å²) in [6.45, 7) is 1.91. The number of aromatic nitrogens is 3. The molecule has 2 heterocycles. The third-order valence-corrected chi connectivity index (χ3v) is 3.74. The van der Waals surface area contributed by atoms with Gasteiger partial charge in [0.25, 0.3) is 0 Å². The molecule has 2 aromatic heterocycles. The first-order valence-electron chi connectivity index (χ1n) is 5.56. The Morgan fingerprint density at radius 1 is 1.47 bits per heavy atom. The van der Waals surface area contributed by atoms with E-state index in [1.807, 2.05) is 6.92 Å². The Balaban J connectivity index is 2.31. The molecule has 0 fully saturated rings. The van der Waals surface area contributed by atoms with Gasteiger partial charge in [0.2, 0.25) is 0 Å². The average molecular weight is 291 g/mol. The van der Waals surface area contributed by atoms with Crippen molar-refractivity contribution >= 4 is 11.3 Å². The molecule has 2 rings (SSSR count). The number of halogens is 3. The first kappa shape index (κ1) is 14.0. The highest BCUT2D eigenvalue weighted by Gasteiger charge is 2.35. The number of hydrogen-bond acceptors (Lipinski definition) is 4. The number of aliphatic hydroxyl groups is 1. The minimum absolute atomic E-state index is 0.151. The van der Waals surface area contributed by atoms with Crippen LogP contribution in [0.5, 0.6) is 0 Å². The van der Waals surface area contributed by atoms with Crippen LogP contribution in [0.4, 0.5) is 13.2 Å². The second kappa shape index (κ2) is 4.93. The molecule has 1 unspecified atom stereocenters. The van der Waals surface area contributed by atoms with Crippen LogP contribution in [0.15, 0.2) is 12.3 Å². The lowest BCUT2D eigenvalue weighted by Gasteiger charge is -2.07. The van der Waals surface area contributed by atoms with Crippen molar-refractivity contribution in [3.63, 3.8) is 0 Å². The topological polar surface area (TPSA) is 50.9 Å². The maximum atomic E-state index is 12.5. The van der Waals surface area contributed by atoms with Crippen molar-refractivity contribution in [3.05, 3.63) is 33.5 Å². The highest BCUT2D eigenvalue weighted by atomic mass is 32.1. The Morgan fingerprint density at radius 3 is 2.63 bits per heavy atom. The molecular formula is C11H12F3N3OS. The highest BCUT2D eigenvalue weighted by molar-refractivity contribution is 7.11. The Hall–Kier alpha value is -1.41. The van der Waals surface area contributed by atoms with E-state index >= 15 is 0 Å². The molecule has 0 bridgehead atoms. The SMILES string of the molecule is CCc1cc(C(O)c2cnc(C(F)(F)F)s2)n(C)n1. The molecule has 0 saturated carbocycles. The molecule has 0 aromatic carbocycles. The number of rotatable bonds is 3. The molecule has 0 amide bonds. The van der Waals surface area contributed by atoms with Gasteiger partial charge in [-0.05, 0) is 12.5 Å². The van der Waals surface area contributed by atoms with Crippen LogP contribution in [0, 0.1) is 0 Å². The number of aryl methyl sites for hydroxylation is 2. The van der Waals surface area contributed by atoms with Gasteiger partial charge in [-0.1, -0.05) is 6.92 Å². The van der Waals surface area contributed by atoms with Gasteiger partial charge in [-0.15, -0.1) is 11.3 Å². The number of aliphatic hydroxyl groups excluding tert-OH is 1. The Kier molecular flexibility index (Phi) is 3.64. The van der Waals surface area contributed by atoms with Gasteiger partial charge < -0.3 is 5.11 Å². The van der Waals surface area contributed by atoms with Crippen LogP contribution in [0.2, 0.25) is 0 Å². The van der Waals surface area contributed by atoms with E-state index < -0.39 is 17.3 Å². The summed E-state index contributed by atoms with van der Waals surface area (Å²) < 4.78 is 38.8. The van der Waals surface area contributed by atoms with Crippen molar-refractivity contribution in [2.75, 3.05) is 0 Å². The number of alkyl halides is 3. The largest absolute Gasteiger partial charge is 0.443 e. The third-order valence-electron chi connectivity index (χ3n) is 2.64. The maximum absolute atomic E-state index is 12.5. The summed E-state index contributed by atoms with van der Waals surface area (Å²) in [7, 11) is 1.64. The van der Waals surface area contributed by atoms with E-state index in [0.29, 0.717) is 23.5 Å². The smallest absolute Gasteiger partial charge is 0.381 e. The van der Waals surface area contributed by atoms with E-state index in [1.54, 1.807) is 13.1 Å². The Bertz CT molecular complexity index is 576. The maximum Gasteiger partial charge on any atom is 0.443 e. The van der Waals surface area contributed by atoms with Crippen molar-refractivity contribution in [1.82, 2.24) is 14.8 Å². The summed E-state index contributed by atoms with van der Waals surface area (Å²) in [5.41, 5.74) is 1.23. The van der Waals surface area contributed by atoms with Crippen molar-refractivity contribution in [2.24, 2.45) is 7.05 Å². The summed E-state index contributed by atoms with van der Waals surface area (Å²) in [5, 5.41) is 13.3. The molecule has 4 nitrogen and oxygen atoms in total. The van der Waals surface area contributed by atoms with Gasteiger partial charge in [-0.3, -0.25) is 4.68 Å². The zero-order valence-corrected chi connectivity index (χ0v) is 11.1. The lowest BCUT2D eigenvalue weighted by Crippen LogP contribution is -2.05. The van der Waals surface area contributed by atoms with Gasteiger partial charge in [-0.25, -0.2) is 4.98 Å². The second-order valence-corrected chi connectivity index (χ2v) is 5.07. The Labute approximate surface area is 111 Å². The first-order valence-corrected chi connectivity index (χ1v) is 6.38. The fraction of sp³-hybridized carbons (Fsp3) is 0.455. The summed E-state index contributed by atoms with van der Waals surface area (Å²) >= 11 is 0.441. The van der Waals surface area contributed by atoms with E-state index in [2.05, 4.69) is 10.1 Å². The molecule has 2 aromatic rings. The minimum atomic E-state index is -4.48. The van der Waals surface area contributed by atoms with Gasteiger partial charge in [0.1, 0.15) is 6.10 Å². The fourth-order valence-corrected chi connectivity index (χ4v) is 2.44. The quantitative estimate of drug-likeness (QED) is 0.945. The number of hydrogen-bond donors (Lipinski definition) is 1. The van der Waals surface area contributed by atoms with Gasteiger partial charge in [-0.2, -0.15) is 18.3 Å². The lowest BCUT2D eigenvalue weighted by atomic mass is 10.2. The Morgan fingerprint density at radius 2 is 2.16 bits per heavy atom. The monoisotopic (exact) mass is 291 g/mol. The summed E-state index contributed by atoms with van der Waals surface area (Å²) in [5.74, 6) is 0. The zero-order valence-electron chi connectivity index (χ0n) is 10.3. The molecule has 1 atom stereocenters. The second-order valence-electron chi connectivity index (χ2n) is 4.01. The summed E-state index contributed by atoms with van der Waals surface area (Å²) in [6, 6.07) is 1.68. The molecule has 1 N–H and O–H groups in total. The first-order chi connectivity index (χ1) is 8.82. The fourth-order valence-electron chi connectivity index (χ4n) is 1.66. The molecule has 104 valence electrons. The van der Waals surface area contributed by atoms with Crippen LogP contribution in [0.1, 0.15) is 34.3 Å². The number of thiazole rings is 1. The van der Waals surface area contributed by atoms with Crippen molar-refractivity contribution in [3.8, 4) is 0 Å². The van der Waals surface area contributed by atoms with Gasteiger partial charge in [0.05, 0.1) is 16.3 Å². The van der Waals surface area contributed by atoms with Crippen LogP contribution < -0.4 is 0 Å². The molecule has 0 spiro atoms. The van der Waals surface area contributed by atoms with Crippen LogP contribution in [-0.2, 0) is 19.6 Å². The van der Waals surface area contributed by atoms with Crippen molar-refractivity contribution in [2.45, 2.75) is 25.6 Å². The molecule has 0 aliphatic carbocycles. The van der Waals surface area contributed by atoms with Gasteiger partial charge in [0, 0.05) is 13.2 Å². The van der Waals surface area contributed by atoms with E-state index in [9.17, 15) is 18.3 Å². The zero-order chi connectivity index (χ0) is 14.2. The van der Waals surface area contributed by atoms with Gasteiger partial charge >= 0.3 is 6.18 Å². The third kappa shape index (κ3) is 2.79. The molecule has 0 saturated heterocycles. The normalized spacial score (nSPS) is 13.8. The molecule has 19 heavy (non-hydrogen) atoms. The molecule has 0 aliphatic rings. The van der Waals surface area contributed by atoms with Crippen molar-refractivity contribution in [1.29, 1.82) is 0 Å². The van der Waals surface area contributed by atoms with Crippen LogP contribution >= 0.6 is 11.3 Å².